The molecule has 1 unspecified atom stereocenters. The first kappa shape index (κ1) is 13.9. The summed E-state index contributed by atoms with van der Waals surface area (Å²) in [5, 5.41) is 0.780. The topological polar surface area (TPSA) is 18.5 Å². The molecule has 0 fully saturated rings. The molecule has 0 saturated heterocycles. The second-order valence-corrected chi connectivity index (χ2v) is 5.59. The molecule has 0 bridgehead atoms. The summed E-state index contributed by atoms with van der Waals surface area (Å²) in [5.74, 6) is 0. The quantitative estimate of drug-likeness (QED) is 0.685. The molecule has 0 radical (unpaired) electrons. The molecule has 2 nitrogen and oxygen atoms in total. The Morgan fingerprint density at radius 3 is 2.25 bits per heavy atom. The van der Waals surface area contributed by atoms with Gasteiger partial charge in [0.2, 0.25) is 0 Å². The molecule has 0 aliphatic heterocycles. The minimum absolute atomic E-state index is 0.198. The van der Waals surface area contributed by atoms with Gasteiger partial charge in [0, 0.05) is 5.02 Å². The highest BCUT2D eigenvalue weighted by Crippen LogP contribution is 2.53. The van der Waals surface area contributed by atoms with Gasteiger partial charge in [-0.25, -0.2) is 0 Å². The molecule has 0 aliphatic rings. The van der Waals surface area contributed by atoms with Crippen LogP contribution in [0.25, 0.3) is 0 Å². The highest BCUT2D eigenvalue weighted by molar-refractivity contribution is 7.47. The second kappa shape index (κ2) is 7.24. The van der Waals surface area contributed by atoms with Gasteiger partial charge in [-0.05, 0) is 32.4 Å². The van der Waals surface area contributed by atoms with E-state index in [2.05, 4.69) is 6.92 Å². The summed E-state index contributed by atoms with van der Waals surface area (Å²) in [6.45, 7) is 7.39. The minimum atomic E-state index is -0.899. The van der Waals surface area contributed by atoms with Gasteiger partial charge in [0.15, 0.2) is 8.38 Å². The van der Waals surface area contributed by atoms with Crippen molar-refractivity contribution >= 4 is 20.0 Å². The Balaban J connectivity index is 2.81. The van der Waals surface area contributed by atoms with E-state index in [4.69, 9.17) is 20.6 Å². The number of hydrogen-bond donors (Lipinski definition) is 0. The maximum Gasteiger partial charge on any atom is 0.178 e. The lowest BCUT2D eigenvalue weighted by atomic mass is 10.2. The Morgan fingerprint density at radius 2 is 1.75 bits per heavy atom. The fraction of sp³-hybridized carbons (Fsp3) is 0.500. The third-order valence-corrected chi connectivity index (χ3v) is 4.46. The first-order valence-electron chi connectivity index (χ1n) is 5.50. The van der Waals surface area contributed by atoms with Gasteiger partial charge in [-0.3, -0.25) is 0 Å². The first-order valence-corrected chi connectivity index (χ1v) is 7.12. The maximum atomic E-state index is 6.16. The summed E-state index contributed by atoms with van der Waals surface area (Å²) < 4.78 is 11.3. The number of rotatable bonds is 6. The van der Waals surface area contributed by atoms with Crippen LogP contribution in [0.1, 0.15) is 32.0 Å². The molecule has 0 amide bonds. The number of hydrogen-bond acceptors (Lipinski definition) is 2. The average Bonchev–Trinajstić information content (AvgIpc) is 2.28. The third-order valence-electron chi connectivity index (χ3n) is 2.18. The second-order valence-electron chi connectivity index (χ2n) is 3.32. The predicted molar refractivity (Wildman–Crippen MR) is 70.0 cm³/mol. The zero-order chi connectivity index (χ0) is 12.0. The molecule has 1 aromatic carbocycles. The SMILES string of the molecule is CCOP(OCC)C(C)c1ccccc1Cl. The standard InChI is InChI=1S/C12H18ClO2P/c1-4-14-16(15-5-2)10(3)11-8-6-7-9-12(11)13/h6-10H,4-5H2,1-3H3. The summed E-state index contributed by atoms with van der Waals surface area (Å²) in [4.78, 5) is 0. The molecule has 0 spiro atoms. The van der Waals surface area contributed by atoms with E-state index >= 15 is 0 Å². The van der Waals surface area contributed by atoms with Crippen molar-refractivity contribution in [2.45, 2.75) is 26.4 Å². The molecule has 90 valence electrons. The Labute approximate surface area is 104 Å². The summed E-state index contributed by atoms with van der Waals surface area (Å²) in [5.41, 5.74) is 1.29. The molecule has 0 aliphatic carbocycles. The van der Waals surface area contributed by atoms with Crippen molar-refractivity contribution in [3.63, 3.8) is 0 Å². The molecular formula is C12H18ClO2P. The molecule has 0 aromatic heterocycles. The van der Waals surface area contributed by atoms with Crippen LogP contribution in [0.3, 0.4) is 0 Å². The van der Waals surface area contributed by atoms with Gasteiger partial charge in [0.1, 0.15) is 0 Å². The third kappa shape index (κ3) is 3.71. The van der Waals surface area contributed by atoms with Crippen molar-refractivity contribution in [3.05, 3.63) is 34.9 Å². The largest absolute Gasteiger partial charge is 0.334 e. The smallest absolute Gasteiger partial charge is 0.178 e. The normalized spacial score (nSPS) is 13.1. The molecule has 0 heterocycles. The number of benzene rings is 1. The van der Waals surface area contributed by atoms with E-state index in [9.17, 15) is 0 Å². The Bertz CT molecular complexity index is 314. The van der Waals surface area contributed by atoms with Gasteiger partial charge in [-0.2, -0.15) is 0 Å². The average molecular weight is 261 g/mol. The van der Waals surface area contributed by atoms with E-state index in [1.165, 1.54) is 0 Å². The number of halogens is 1. The summed E-state index contributed by atoms with van der Waals surface area (Å²) in [6, 6.07) is 7.85. The zero-order valence-electron chi connectivity index (χ0n) is 9.94. The van der Waals surface area contributed by atoms with E-state index in [0.29, 0.717) is 13.2 Å². The van der Waals surface area contributed by atoms with Gasteiger partial charge in [0.25, 0.3) is 0 Å². The van der Waals surface area contributed by atoms with E-state index in [1.807, 2.05) is 38.1 Å². The first-order chi connectivity index (χ1) is 7.70. The summed E-state index contributed by atoms with van der Waals surface area (Å²) in [6.07, 6.45) is 0. The minimum Gasteiger partial charge on any atom is -0.334 e. The van der Waals surface area contributed by atoms with Crippen molar-refractivity contribution in [2.75, 3.05) is 13.2 Å². The van der Waals surface area contributed by atoms with E-state index in [-0.39, 0.29) is 5.66 Å². The predicted octanol–water partition coefficient (Wildman–Crippen LogP) is 4.79. The van der Waals surface area contributed by atoms with Gasteiger partial charge in [0.05, 0.1) is 18.9 Å². The van der Waals surface area contributed by atoms with Crippen LogP contribution in [0, 0.1) is 0 Å². The lowest BCUT2D eigenvalue weighted by Crippen LogP contribution is -1.99. The Hall–Kier alpha value is -0.140. The summed E-state index contributed by atoms with van der Waals surface area (Å²) in [7, 11) is -0.899. The van der Waals surface area contributed by atoms with E-state index < -0.39 is 8.38 Å². The maximum absolute atomic E-state index is 6.16. The highest BCUT2D eigenvalue weighted by Gasteiger charge is 2.22. The van der Waals surface area contributed by atoms with Crippen LogP contribution >= 0.6 is 20.0 Å². The van der Waals surface area contributed by atoms with Crippen LogP contribution in [0.2, 0.25) is 5.02 Å². The van der Waals surface area contributed by atoms with Gasteiger partial charge in [-0.15, -0.1) is 0 Å². The van der Waals surface area contributed by atoms with E-state index in [1.54, 1.807) is 0 Å². The lowest BCUT2D eigenvalue weighted by Gasteiger charge is -2.23. The molecule has 1 aromatic rings. The Morgan fingerprint density at radius 1 is 1.19 bits per heavy atom. The fourth-order valence-corrected chi connectivity index (χ4v) is 3.30. The van der Waals surface area contributed by atoms with Crippen LogP contribution in [0.4, 0.5) is 0 Å². The highest BCUT2D eigenvalue weighted by atomic mass is 35.5. The van der Waals surface area contributed by atoms with Crippen molar-refractivity contribution in [3.8, 4) is 0 Å². The van der Waals surface area contributed by atoms with Crippen molar-refractivity contribution in [1.82, 2.24) is 0 Å². The van der Waals surface area contributed by atoms with E-state index in [0.717, 1.165) is 10.6 Å². The van der Waals surface area contributed by atoms with Crippen molar-refractivity contribution < 1.29 is 9.05 Å². The van der Waals surface area contributed by atoms with Crippen LogP contribution in [-0.2, 0) is 9.05 Å². The van der Waals surface area contributed by atoms with Gasteiger partial charge >= 0.3 is 0 Å². The van der Waals surface area contributed by atoms with Crippen LogP contribution in [0.15, 0.2) is 24.3 Å². The molecule has 16 heavy (non-hydrogen) atoms. The molecule has 0 N–H and O–H groups in total. The molecular weight excluding hydrogens is 243 g/mol. The van der Waals surface area contributed by atoms with Crippen LogP contribution in [0.5, 0.6) is 0 Å². The van der Waals surface area contributed by atoms with Crippen LogP contribution < -0.4 is 0 Å². The lowest BCUT2D eigenvalue weighted by molar-refractivity contribution is 0.263. The Kier molecular flexibility index (Phi) is 6.30. The molecule has 1 rings (SSSR count). The molecule has 0 saturated carbocycles. The van der Waals surface area contributed by atoms with Crippen molar-refractivity contribution in [1.29, 1.82) is 0 Å². The van der Waals surface area contributed by atoms with Crippen molar-refractivity contribution in [2.24, 2.45) is 0 Å². The van der Waals surface area contributed by atoms with Crippen LogP contribution in [-0.4, -0.2) is 13.2 Å². The van der Waals surface area contributed by atoms with Gasteiger partial charge in [-0.1, -0.05) is 29.8 Å². The zero-order valence-corrected chi connectivity index (χ0v) is 11.6. The monoisotopic (exact) mass is 260 g/mol. The van der Waals surface area contributed by atoms with Gasteiger partial charge < -0.3 is 9.05 Å². The fourth-order valence-electron chi connectivity index (χ4n) is 1.44. The summed E-state index contributed by atoms with van der Waals surface area (Å²) >= 11 is 6.16. The molecule has 4 heteroatoms. The molecule has 1 atom stereocenters.